The van der Waals surface area contributed by atoms with Crippen molar-refractivity contribution in [3.8, 4) is 5.75 Å². The highest BCUT2D eigenvalue weighted by Gasteiger charge is 2.36. The smallest absolute Gasteiger partial charge is 0.461 e. The first kappa shape index (κ1) is 38.7. The van der Waals surface area contributed by atoms with E-state index in [1.165, 1.54) is 23.9 Å². The van der Waals surface area contributed by atoms with E-state index in [2.05, 4.69) is 13.8 Å². The van der Waals surface area contributed by atoms with Crippen molar-refractivity contribution in [2.45, 2.75) is 110 Å². The maximum Gasteiger partial charge on any atom is 0.461 e. The summed E-state index contributed by atoms with van der Waals surface area (Å²) in [6, 6.07) is 8.65. The summed E-state index contributed by atoms with van der Waals surface area (Å²) in [6.07, 6.45) is 12.1. The lowest BCUT2D eigenvalue weighted by Crippen LogP contribution is -2.33. The highest BCUT2D eigenvalue weighted by atomic mass is 35.5. The third-order valence-corrected chi connectivity index (χ3v) is 8.96. The fraction of sp³-hybridized carbons (Fsp3) is 0.742. The van der Waals surface area contributed by atoms with Gasteiger partial charge >= 0.3 is 19.7 Å². The van der Waals surface area contributed by atoms with Crippen LogP contribution in [0.4, 0.5) is 0 Å². The largest absolute Gasteiger partial charge is 0.462 e. The van der Waals surface area contributed by atoms with E-state index in [1.54, 1.807) is 24.3 Å². The van der Waals surface area contributed by atoms with Crippen LogP contribution in [0.2, 0.25) is 0 Å². The standard InChI is InChI=1S/C31H52Cl2NO7P/c1-3-5-7-9-11-16-20-30(35)38-26-29(40-31(36)21-17-12-10-8-6-4-2)27-39-42(37,34(24-22-32)25-23-33)41-28-18-14-13-15-19-28/h13-15,18-19,29H,3-12,16-17,20-27H2,1-2H3. The molecule has 1 aromatic carbocycles. The van der Waals surface area contributed by atoms with Crippen molar-refractivity contribution in [3.63, 3.8) is 0 Å². The Balaban J connectivity index is 2.86. The second-order valence-corrected chi connectivity index (χ2v) is 13.0. The van der Waals surface area contributed by atoms with Gasteiger partial charge in [-0.1, -0.05) is 96.3 Å². The van der Waals surface area contributed by atoms with Gasteiger partial charge in [0, 0.05) is 37.7 Å². The summed E-state index contributed by atoms with van der Waals surface area (Å²) in [4.78, 5) is 25.1. The fourth-order valence-corrected chi connectivity index (χ4v) is 6.64. The molecule has 0 radical (unpaired) electrons. The van der Waals surface area contributed by atoms with E-state index in [-0.39, 0.29) is 50.5 Å². The van der Waals surface area contributed by atoms with Gasteiger partial charge in [-0.15, -0.1) is 23.2 Å². The quantitative estimate of drug-likeness (QED) is 0.0403. The Morgan fingerprint density at radius 1 is 0.762 bits per heavy atom. The fourth-order valence-electron chi connectivity index (χ4n) is 4.23. The predicted octanol–water partition coefficient (Wildman–Crippen LogP) is 8.93. The molecular formula is C31H52Cl2NO7P. The van der Waals surface area contributed by atoms with E-state index in [4.69, 9.17) is 41.7 Å². The molecule has 1 rings (SSSR count). The minimum Gasteiger partial charge on any atom is -0.462 e. The van der Waals surface area contributed by atoms with Crippen molar-refractivity contribution in [1.29, 1.82) is 0 Å². The van der Waals surface area contributed by atoms with Crippen molar-refractivity contribution >= 4 is 42.9 Å². The molecular weight excluding hydrogens is 600 g/mol. The second kappa shape index (κ2) is 25.1. The average molecular weight is 653 g/mol. The lowest BCUT2D eigenvalue weighted by atomic mass is 10.1. The van der Waals surface area contributed by atoms with Crippen LogP contribution in [0.1, 0.15) is 104 Å². The van der Waals surface area contributed by atoms with Gasteiger partial charge in [-0.2, -0.15) is 4.67 Å². The zero-order valence-electron chi connectivity index (χ0n) is 25.6. The molecule has 0 saturated heterocycles. The molecule has 0 fully saturated rings. The number of carbonyl (C=O) groups excluding carboxylic acids is 2. The van der Waals surface area contributed by atoms with E-state index in [0.717, 1.165) is 51.4 Å². The Labute approximate surface area is 263 Å². The number of carbonyl (C=O) groups is 2. The normalized spacial score (nSPS) is 13.5. The van der Waals surface area contributed by atoms with Crippen molar-refractivity contribution in [3.05, 3.63) is 30.3 Å². The number of halogens is 2. The Hall–Kier alpha value is -1.31. The Kier molecular flexibility index (Phi) is 23.1. The zero-order valence-corrected chi connectivity index (χ0v) is 28.0. The van der Waals surface area contributed by atoms with Crippen LogP contribution in [0.15, 0.2) is 30.3 Å². The molecule has 42 heavy (non-hydrogen) atoms. The molecule has 0 saturated carbocycles. The molecule has 0 aliphatic heterocycles. The van der Waals surface area contributed by atoms with Crippen LogP contribution >= 0.6 is 30.9 Å². The number of nitrogens with zero attached hydrogens (tertiary/aromatic N) is 1. The maximum absolute atomic E-state index is 14.1. The van der Waals surface area contributed by atoms with Crippen LogP contribution in [-0.4, -0.2) is 60.8 Å². The topological polar surface area (TPSA) is 91.4 Å². The first-order valence-electron chi connectivity index (χ1n) is 15.6. The molecule has 2 atom stereocenters. The minimum absolute atomic E-state index is 0.176. The summed E-state index contributed by atoms with van der Waals surface area (Å²) in [5.41, 5.74) is 0. The first-order chi connectivity index (χ1) is 20.4. The molecule has 242 valence electrons. The summed E-state index contributed by atoms with van der Waals surface area (Å²) in [7, 11) is -3.96. The maximum atomic E-state index is 14.1. The van der Waals surface area contributed by atoms with Crippen LogP contribution in [0.3, 0.4) is 0 Å². The monoisotopic (exact) mass is 651 g/mol. The van der Waals surface area contributed by atoms with Crippen LogP contribution in [-0.2, 0) is 28.2 Å². The van der Waals surface area contributed by atoms with Crippen LogP contribution < -0.4 is 4.52 Å². The van der Waals surface area contributed by atoms with Crippen molar-refractivity contribution in [2.75, 3.05) is 38.1 Å². The summed E-state index contributed by atoms with van der Waals surface area (Å²) in [5.74, 6) is -0.0816. The number of alkyl halides is 2. The third kappa shape index (κ3) is 18.4. The van der Waals surface area contributed by atoms with Gasteiger partial charge < -0.3 is 14.0 Å². The third-order valence-electron chi connectivity index (χ3n) is 6.62. The minimum atomic E-state index is -3.96. The first-order valence-corrected chi connectivity index (χ1v) is 18.2. The highest BCUT2D eigenvalue weighted by Crippen LogP contribution is 2.52. The molecule has 0 N–H and O–H groups in total. The van der Waals surface area contributed by atoms with Gasteiger partial charge in [0.2, 0.25) is 0 Å². The van der Waals surface area contributed by atoms with Crippen LogP contribution in [0, 0.1) is 0 Å². The predicted molar refractivity (Wildman–Crippen MR) is 170 cm³/mol. The number of unbranched alkanes of at least 4 members (excludes halogenated alkanes) is 10. The number of esters is 2. The van der Waals surface area contributed by atoms with Gasteiger partial charge in [0.25, 0.3) is 0 Å². The number of rotatable bonds is 27. The summed E-state index contributed by atoms with van der Waals surface area (Å²) >= 11 is 12.0. The number of benzene rings is 1. The molecule has 0 heterocycles. The summed E-state index contributed by atoms with van der Waals surface area (Å²) < 4.78 is 38.4. The van der Waals surface area contributed by atoms with Crippen molar-refractivity contribution < 1.29 is 32.7 Å². The Morgan fingerprint density at radius 2 is 1.29 bits per heavy atom. The molecule has 0 aliphatic carbocycles. The molecule has 8 nitrogen and oxygen atoms in total. The molecule has 0 aliphatic rings. The van der Waals surface area contributed by atoms with Gasteiger partial charge in [0.1, 0.15) is 12.4 Å². The van der Waals surface area contributed by atoms with E-state index in [9.17, 15) is 14.2 Å². The lowest BCUT2D eigenvalue weighted by molar-refractivity contribution is -0.161. The van der Waals surface area contributed by atoms with E-state index >= 15 is 0 Å². The Morgan fingerprint density at radius 3 is 1.83 bits per heavy atom. The molecule has 0 spiro atoms. The van der Waals surface area contributed by atoms with Gasteiger partial charge in [0.05, 0.1) is 6.61 Å². The van der Waals surface area contributed by atoms with E-state index < -0.39 is 19.8 Å². The number of hydrogen-bond donors (Lipinski definition) is 0. The molecule has 11 heteroatoms. The van der Waals surface area contributed by atoms with Crippen molar-refractivity contribution in [1.82, 2.24) is 4.67 Å². The molecule has 0 amide bonds. The lowest BCUT2D eigenvalue weighted by Gasteiger charge is -2.30. The summed E-state index contributed by atoms with van der Waals surface area (Å²) in [6.45, 7) is 4.24. The average Bonchev–Trinajstić information content (AvgIpc) is 2.98. The zero-order chi connectivity index (χ0) is 30.9. The molecule has 2 unspecified atom stereocenters. The SMILES string of the molecule is CCCCCCCCC(=O)OCC(COP(=O)(Oc1ccccc1)N(CCCl)CCCl)OC(=O)CCCCCCCC. The number of hydrogen-bond acceptors (Lipinski definition) is 7. The summed E-state index contributed by atoms with van der Waals surface area (Å²) in [5, 5.41) is 0. The number of ether oxygens (including phenoxy) is 2. The molecule has 0 bridgehead atoms. The van der Waals surface area contributed by atoms with Crippen LogP contribution in [0.5, 0.6) is 5.75 Å². The van der Waals surface area contributed by atoms with E-state index in [1.807, 2.05) is 6.07 Å². The second-order valence-electron chi connectivity index (χ2n) is 10.3. The van der Waals surface area contributed by atoms with Crippen LogP contribution in [0.25, 0.3) is 0 Å². The van der Waals surface area contributed by atoms with Gasteiger partial charge in [0.15, 0.2) is 6.10 Å². The van der Waals surface area contributed by atoms with Crippen molar-refractivity contribution in [2.24, 2.45) is 0 Å². The highest BCUT2D eigenvalue weighted by molar-refractivity contribution is 7.51. The number of para-hydroxylation sites is 1. The van der Waals surface area contributed by atoms with Gasteiger partial charge in [-0.3, -0.25) is 14.1 Å². The van der Waals surface area contributed by atoms with E-state index in [0.29, 0.717) is 18.6 Å². The Bertz CT molecular complexity index is 872. The van der Waals surface area contributed by atoms with Gasteiger partial charge in [-0.05, 0) is 25.0 Å². The van der Waals surface area contributed by atoms with Gasteiger partial charge in [-0.25, -0.2) is 4.57 Å². The molecule has 0 aromatic heterocycles. The molecule has 1 aromatic rings.